The molecule has 0 aliphatic carbocycles. The number of halogens is 2. The maximum absolute atomic E-state index is 13.6. The minimum Gasteiger partial charge on any atom is -0.491 e. The van der Waals surface area contributed by atoms with Crippen molar-refractivity contribution < 1.29 is 23.1 Å². The van der Waals surface area contributed by atoms with Crippen LogP contribution in [0.1, 0.15) is 6.92 Å². The normalized spacial score (nSPS) is 16.6. The van der Waals surface area contributed by atoms with Crippen LogP contribution in [0.4, 0.5) is 25.1 Å². The number of nitrogens with two attached hydrogens (primary N) is 1. The molecule has 4 rings (SSSR count). The molecular weight excluding hydrogens is 428 g/mol. The van der Waals surface area contributed by atoms with Crippen LogP contribution < -0.4 is 20.7 Å². The number of alkyl halides is 2. The number of hydrogen-bond donors (Lipinski definition) is 2. The van der Waals surface area contributed by atoms with Crippen molar-refractivity contribution in [1.29, 1.82) is 0 Å². The number of amides is 2. The number of anilines is 2. The number of benzene rings is 1. The number of carbonyl (C=O) groups is 2. The number of rotatable bonds is 5. The lowest BCUT2D eigenvalue weighted by atomic mass is 10.1. The van der Waals surface area contributed by atoms with E-state index in [-0.39, 0.29) is 5.82 Å². The average molecular weight is 447 g/mol. The quantitative estimate of drug-likeness (QED) is 0.727. The molecule has 162 valence electrons. The highest BCUT2D eigenvalue weighted by Crippen LogP contribution is 2.37. The van der Waals surface area contributed by atoms with E-state index < -0.39 is 29.3 Å². The summed E-state index contributed by atoms with van der Waals surface area (Å²) in [5.74, 6) is 0.620. The molecule has 2 amide bonds. The summed E-state index contributed by atoms with van der Waals surface area (Å²) in [6.07, 6.45) is 1.35. The topological polar surface area (TPSA) is 102 Å². The molecule has 1 aromatic heterocycles. The van der Waals surface area contributed by atoms with Crippen LogP contribution >= 0.6 is 11.8 Å². The third-order valence-electron chi connectivity index (χ3n) is 4.79. The van der Waals surface area contributed by atoms with Crippen molar-refractivity contribution in [1.82, 2.24) is 9.55 Å². The highest BCUT2D eigenvalue weighted by molar-refractivity contribution is 8.16. The second kappa shape index (κ2) is 8.42. The molecular formula is C20H19F2N5O3S. The van der Waals surface area contributed by atoms with Gasteiger partial charge in [0.05, 0.1) is 17.8 Å². The van der Waals surface area contributed by atoms with Crippen LogP contribution in [0.5, 0.6) is 5.75 Å². The van der Waals surface area contributed by atoms with Gasteiger partial charge in [0.2, 0.25) is 5.91 Å². The number of thioether (sulfide) groups is 1. The lowest BCUT2D eigenvalue weighted by molar-refractivity contribution is -0.118. The molecule has 0 saturated carbocycles. The molecule has 0 fully saturated rings. The summed E-state index contributed by atoms with van der Waals surface area (Å²) in [6, 6.07) is 4.65. The monoisotopic (exact) mass is 447 g/mol. The zero-order valence-corrected chi connectivity index (χ0v) is 17.2. The average Bonchev–Trinajstić information content (AvgIpc) is 2.92. The molecule has 3 N–H and O–H groups in total. The number of nitrogens with zero attached hydrogens (tertiary/aromatic N) is 3. The van der Waals surface area contributed by atoms with E-state index >= 15 is 0 Å². The molecule has 31 heavy (non-hydrogen) atoms. The number of carbonyl (C=O) groups excluding carboxylic acids is 2. The van der Waals surface area contributed by atoms with E-state index in [0.29, 0.717) is 36.0 Å². The first-order valence-corrected chi connectivity index (χ1v) is 10.3. The minimum atomic E-state index is -2.84. The van der Waals surface area contributed by atoms with E-state index in [4.69, 9.17) is 10.5 Å². The molecule has 1 atom stereocenters. The first-order valence-electron chi connectivity index (χ1n) is 9.41. The number of fused-ring (bicyclic) bond motifs is 3. The highest BCUT2D eigenvalue weighted by Gasteiger charge is 2.31. The predicted molar refractivity (Wildman–Crippen MR) is 114 cm³/mol. The molecule has 2 aliphatic heterocycles. The maximum atomic E-state index is 13.6. The van der Waals surface area contributed by atoms with Crippen LogP contribution in [0.25, 0.3) is 11.4 Å². The maximum Gasteiger partial charge on any atom is 0.296 e. The molecule has 0 saturated heterocycles. The van der Waals surface area contributed by atoms with Crippen molar-refractivity contribution in [3.63, 3.8) is 0 Å². The number of primary amides is 1. The van der Waals surface area contributed by atoms with Gasteiger partial charge < -0.3 is 20.4 Å². The molecule has 0 bridgehead atoms. The van der Waals surface area contributed by atoms with Crippen molar-refractivity contribution in [3.8, 4) is 17.1 Å². The van der Waals surface area contributed by atoms with Gasteiger partial charge in [-0.25, -0.2) is 13.8 Å². The summed E-state index contributed by atoms with van der Waals surface area (Å²) in [5, 5.41) is 3.88. The predicted octanol–water partition coefficient (Wildman–Crippen LogP) is 3.56. The highest BCUT2D eigenvalue weighted by atomic mass is 32.2. The Kier molecular flexibility index (Phi) is 5.68. The van der Waals surface area contributed by atoms with Gasteiger partial charge in [-0.15, -0.1) is 0 Å². The molecule has 0 spiro atoms. The standard InChI is InChI=1S/C20H19F2N5O3S/c1-11(18(23)28)24-12-4-5-13-15(9-12)30-7-6-26-10-16(25-19(13)26)27-14(17(21)22)3-2-8-31-20(27)29/h2-5,8-11,17,24H,6-7H2,1H3,(H2,23,28)/t11-/m0/s1. The third kappa shape index (κ3) is 4.13. The van der Waals surface area contributed by atoms with Gasteiger partial charge >= 0.3 is 0 Å². The first kappa shape index (κ1) is 20.9. The SMILES string of the molecule is C[C@H](Nc1ccc2c(c1)OCCn1cc(N3C(=O)SC=CC=C3C(F)F)nc1-2)C(N)=O. The Labute approximate surface area is 180 Å². The van der Waals surface area contributed by atoms with E-state index in [0.717, 1.165) is 16.7 Å². The molecule has 11 heteroatoms. The van der Waals surface area contributed by atoms with E-state index in [1.807, 2.05) is 0 Å². The van der Waals surface area contributed by atoms with Gasteiger partial charge in [0.25, 0.3) is 11.7 Å². The summed E-state index contributed by atoms with van der Waals surface area (Å²) in [4.78, 5) is 29.2. The van der Waals surface area contributed by atoms with Gasteiger partial charge in [-0.2, -0.15) is 0 Å². The Bertz CT molecular complexity index is 1100. The summed E-state index contributed by atoms with van der Waals surface area (Å²) in [7, 11) is 0. The number of hydrogen-bond acceptors (Lipinski definition) is 6. The molecule has 3 heterocycles. The van der Waals surface area contributed by atoms with Crippen LogP contribution in [0.3, 0.4) is 0 Å². The minimum absolute atomic E-state index is 0.111. The van der Waals surface area contributed by atoms with Crippen molar-refractivity contribution in [2.75, 3.05) is 16.8 Å². The van der Waals surface area contributed by atoms with Gasteiger partial charge in [0.15, 0.2) is 5.82 Å². The van der Waals surface area contributed by atoms with Gasteiger partial charge in [-0.05, 0) is 42.3 Å². The van der Waals surface area contributed by atoms with Crippen LogP contribution in [0, 0.1) is 0 Å². The van der Waals surface area contributed by atoms with Crippen molar-refractivity contribution >= 4 is 34.4 Å². The van der Waals surface area contributed by atoms with Gasteiger partial charge in [-0.1, -0.05) is 6.08 Å². The second-order valence-electron chi connectivity index (χ2n) is 6.88. The van der Waals surface area contributed by atoms with Crippen molar-refractivity contribution in [2.24, 2.45) is 5.73 Å². The molecule has 1 aromatic carbocycles. The van der Waals surface area contributed by atoms with Gasteiger partial charge in [0, 0.05) is 18.0 Å². The molecule has 8 nitrogen and oxygen atoms in total. The zero-order valence-electron chi connectivity index (χ0n) is 16.4. The van der Waals surface area contributed by atoms with Gasteiger partial charge in [-0.3, -0.25) is 14.5 Å². The number of nitrogens with one attached hydrogen (secondary N) is 1. The van der Waals surface area contributed by atoms with Crippen LogP contribution in [-0.4, -0.2) is 39.8 Å². The van der Waals surface area contributed by atoms with Crippen LogP contribution in [0.2, 0.25) is 0 Å². The van der Waals surface area contributed by atoms with Crippen molar-refractivity contribution in [3.05, 3.63) is 47.7 Å². The fourth-order valence-electron chi connectivity index (χ4n) is 3.25. The molecule has 0 unspecified atom stereocenters. The van der Waals surface area contributed by atoms with E-state index in [9.17, 15) is 18.4 Å². The number of imidazole rings is 1. The Morgan fingerprint density at radius 2 is 2.19 bits per heavy atom. The number of ether oxygens (including phenoxy) is 1. The summed E-state index contributed by atoms with van der Waals surface area (Å²) < 4.78 is 34.8. The Morgan fingerprint density at radius 3 is 2.94 bits per heavy atom. The largest absolute Gasteiger partial charge is 0.491 e. The summed E-state index contributed by atoms with van der Waals surface area (Å²) in [6.45, 7) is 2.37. The van der Waals surface area contributed by atoms with Crippen LogP contribution in [-0.2, 0) is 11.3 Å². The van der Waals surface area contributed by atoms with E-state index in [2.05, 4.69) is 10.3 Å². The van der Waals surface area contributed by atoms with Gasteiger partial charge in [0.1, 0.15) is 24.2 Å². The van der Waals surface area contributed by atoms with E-state index in [1.54, 1.807) is 35.9 Å². The molecule has 2 aliphatic rings. The zero-order chi connectivity index (χ0) is 22.1. The van der Waals surface area contributed by atoms with Crippen LogP contribution in [0.15, 0.2) is 47.7 Å². The fraction of sp³-hybridized carbons (Fsp3) is 0.250. The summed E-state index contributed by atoms with van der Waals surface area (Å²) >= 11 is 0.810. The Hall–Kier alpha value is -3.34. The lowest BCUT2D eigenvalue weighted by Crippen LogP contribution is -2.32. The number of aromatic nitrogens is 2. The molecule has 0 radical (unpaired) electrons. The summed E-state index contributed by atoms with van der Waals surface area (Å²) in [5.41, 5.74) is 6.13. The van der Waals surface area contributed by atoms with Crippen molar-refractivity contribution in [2.45, 2.75) is 25.9 Å². The van der Waals surface area contributed by atoms with E-state index in [1.165, 1.54) is 17.6 Å². The molecule has 2 aromatic rings. The smallest absolute Gasteiger partial charge is 0.296 e. The Balaban J connectivity index is 1.72. The first-order chi connectivity index (χ1) is 14.8. The number of allylic oxidation sites excluding steroid dienone is 3. The second-order valence-corrected chi connectivity index (χ2v) is 7.74. The fourth-order valence-corrected chi connectivity index (χ4v) is 3.83. The Morgan fingerprint density at radius 1 is 1.39 bits per heavy atom. The third-order valence-corrected chi connectivity index (χ3v) is 5.47. The lowest BCUT2D eigenvalue weighted by Gasteiger charge is -2.20.